The highest BCUT2D eigenvalue weighted by atomic mass is 32.2. The van der Waals surface area contributed by atoms with Gasteiger partial charge >= 0.3 is 0 Å². The van der Waals surface area contributed by atoms with Crippen LogP contribution in [-0.2, 0) is 16.6 Å². The number of sulfonamides is 1. The molecule has 0 aliphatic heterocycles. The van der Waals surface area contributed by atoms with Gasteiger partial charge in [-0.3, -0.25) is 0 Å². The molecule has 0 spiro atoms. The summed E-state index contributed by atoms with van der Waals surface area (Å²) in [6.45, 7) is 0.380. The van der Waals surface area contributed by atoms with Crippen LogP contribution in [0.3, 0.4) is 0 Å². The van der Waals surface area contributed by atoms with E-state index in [-0.39, 0.29) is 4.90 Å². The second kappa shape index (κ2) is 6.38. The van der Waals surface area contributed by atoms with Crippen LogP contribution in [0.1, 0.15) is 5.56 Å². The molecule has 0 bridgehead atoms. The topological polar surface area (TPSA) is 113 Å². The van der Waals surface area contributed by atoms with Crippen molar-refractivity contribution in [1.29, 1.82) is 0 Å². The number of ether oxygens (including phenoxy) is 1. The highest BCUT2D eigenvalue weighted by Crippen LogP contribution is 2.24. The molecule has 0 unspecified atom stereocenters. The molecule has 3 rings (SSSR count). The number of nitrogens with two attached hydrogens (primary N) is 1. The Hall–Kier alpha value is -2.78. The van der Waals surface area contributed by atoms with Crippen molar-refractivity contribution < 1.29 is 13.2 Å². The van der Waals surface area contributed by atoms with E-state index in [1.807, 2.05) is 24.3 Å². The lowest BCUT2D eigenvalue weighted by Gasteiger charge is -2.09. The maximum absolute atomic E-state index is 11.8. The van der Waals surface area contributed by atoms with E-state index in [1.54, 1.807) is 25.3 Å². The van der Waals surface area contributed by atoms with Crippen LogP contribution in [0, 0.1) is 0 Å². The van der Waals surface area contributed by atoms with Gasteiger partial charge in [-0.25, -0.2) is 18.2 Å². The average Bonchev–Trinajstić information content (AvgIpc) is 3.03. The van der Waals surface area contributed by atoms with E-state index in [0.29, 0.717) is 17.9 Å². The number of rotatable bonds is 5. The van der Waals surface area contributed by atoms with Crippen molar-refractivity contribution in [2.45, 2.75) is 11.4 Å². The number of hydrogen-bond acceptors (Lipinski definition) is 6. The lowest BCUT2D eigenvalue weighted by Crippen LogP contribution is -2.14. The largest absolute Gasteiger partial charge is 0.497 e. The molecule has 0 aliphatic carbocycles. The van der Waals surface area contributed by atoms with Crippen LogP contribution in [0.5, 0.6) is 5.75 Å². The maximum Gasteiger partial charge on any atom is 0.238 e. The SMILES string of the molecule is COc1ccc(Cn2nnnc2-c2ccccc2S(N)(=O)=O)cc1. The van der Waals surface area contributed by atoms with Crippen molar-refractivity contribution in [2.75, 3.05) is 7.11 Å². The van der Waals surface area contributed by atoms with Gasteiger partial charge < -0.3 is 4.74 Å². The number of tetrazole rings is 1. The summed E-state index contributed by atoms with van der Waals surface area (Å²) < 4.78 is 30.2. The van der Waals surface area contributed by atoms with Gasteiger partial charge in [0.05, 0.1) is 18.6 Å². The summed E-state index contributed by atoms with van der Waals surface area (Å²) in [5.74, 6) is 1.07. The van der Waals surface area contributed by atoms with Crippen molar-refractivity contribution in [1.82, 2.24) is 20.2 Å². The molecule has 0 atom stereocenters. The molecule has 0 fully saturated rings. The monoisotopic (exact) mass is 345 g/mol. The fourth-order valence-corrected chi connectivity index (χ4v) is 3.04. The Kier molecular flexibility index (Phi) is 4.28. The standard InChI is InChI=1S/C15H15N5O3S/c1-23-12-8-6-11(7-9-12)10-20-15(17-18-19-20)13-4-2-3-5-14(13)24(16,21)22/h2-9H,10H2,1H3,(H2,16,21,22). The van der Waals surface area contributed by atoms with Crippen LogP contribution in [0.15, 0.2) is 53.4 Å². The molecule has 0 aliphatic rings. The third kappa shape index (κ3) is 3.26. The molecule has 8 nitrogen and oxygen atoms in total. The van der Waals surface area contributed by atoms with E-state index in [1.165, 1.54) is 10.7 Å². The Labute approximate surface area is 138 Å². The third-order valence-electron chi connectivity index (χ3n) is 3.46. The summed E-state index contributed by atoms with van der Waals surface area (Å²) in [5.41, 5.74) is 1.30. The van der Waals surface area contributed by atoms with Crippen molar-refractivity contribution in [3.8, 4) is 17.1 Å². The minimum atomic E-state index is -3.88. The van der Waals surface area contributed by atoms with Crippen molar-refractivity contribution >= 4 is 10.0 Å². The summed E-state index contributed by atoms with van der Waals surface area (Å²) in [6, 6.07) is 13.8. The summed E-state index contributed by atoms with van der Waals surface area (Å²) >= 11 is 0. The number of primary sulfonamides is 1. The van der Waals surface area contributed by atoms with E-state index in [9.17, 15) is 8.42 Å². The lowest BCUT2D eigenvalue weighted by atomic mass is 10.2. The molecule has 24 heavy (non-hydrogen) atoms. The van der Waals surface area contributed by atoms with Crippen LogP contribution in [-0.4, -0.2) is 35.7 Å². The van der Waals surface area contributed by atoms with Gasteiger partial charge in [0, 0.05) is 5.56 Å². The number of benzene rings is 2. The van der Waals surface area contributed by atoms with Gasteiger partial charge in [0.25, 0.3) is 0 Å². The molecular weight excluding hydrogens is 330 g/mol. The van der Waals surface area contributed by atoms with Crippen molar-refractivity contribution in [2.24, 2.45) is 5.14 Å². The fourth-order valence-electron chi connectivity index (χ4n) is 2.31. The number of aromatic nitrogens is 4. The molecule has 124 valence electrons. The van der Waals surface area contributed by atoms with E-state index in [2.05, 4.69) is 15.5 Å². The molecule has 0 radical (unpaired) electrons. The molecule has 9 heteroatoms. The van der Waals surface area contributed by atoms with Crippen LogP contribution in [0.2, 0.25) is 0 Å². The van der Waals surface area contributed by atoms with E-state index in [0.717, 1.165) is 11.3 Å². The van der Waals surface area contributed by atoms with E-state index >= 15 is 0 Å². The molecule has 3 aromatic rings. The molecule has 2 aromatic carbocycles. The van der Waals surface area contributed by atoms with Gasteiger partial charge in [-0.2, -0.15) is 0 Å². The van der Waals surface area contributed by atoms with Crippen molar-refractivity contribution in [3.05, 3.63) is 54.1 Å². The Balaban J connectivity index is 1.99. The van der Waals surface area contributed by atoms with E-state index in [4.69, 9.17) is 9.88 Å². The molecule has 1 aromatic heterocycles. The minimum absolute atomic E-state index is 0.0178. The fraction of sp³-hybridized carbons (Fsp3) is 0.133. The van der Waals surface area contributed by atoms with Gasteiger partial charge in [0.2, 0.25) is 10.0 Å². The van der Waals surface area contributed by atoms with Gasteiger partial charge in [0.15, 0.2) is 5.82 Å². The zero-order valence-corrected chi connectivity index (χ0v) is 13.6. The smallest absolute Gasteiger partial charge is 0.238 e. The summed E-state index contributed by atoms with van der Waals surface area (Å²) in [5, 5.41) is 16.8. The first kappa shape index (κ1) is 16.1. The quantitative estimate of drug-likeness (QED) is 0.739. The Bertz CT molecular complexity index is 951. The molecule has 0 saturated carbocycles. The number of methoxy groups -OCH3 is 1. The first-order chi connectivity index (χ1) is 11.5. The van der Waals surface area contributed by atoms with Gasteiger partial charge in [-0.15, -0.1) is 5.10 Å². The molecule has 0 saturated heterocycles. The lowest BCUT2D eigenvalue weighted by molar-refractivity contribution is 0.414. The van der Waals surface area contributed by atoms with Gasteiger partial charge in [0.1, 0.15) is 5.75 Å². The summed E-state index contributed by atoms with van der Waals surface area (Å²) in [6.07, 6.45) is 0. The zero-order chi connectivity index (χ0) is 17.2. The first-order valence-corrected chi connectivity index (χ1v) is 8.55. The minimum Gasteiger partial charge on any atom is -0.497 e. The second-order valence-electron chi connectivity index (χ2n) is 5.05. The van der Waals surface area contributed by atoms with Gasteiger partial charge in [-0.05, 0) is 40.3 Å². The highest BCUT2D eigenvalue weighted by molar-refractivity contribution is 7.89. The van der Waals surface area contributed by atoms with Crippen LogP contribution in [0.25, 0.3) is 11.4 Å². The van der Waals surface area contributed by atoms with E-state index < -0.39 is 10.0 Å². The Morgan fingerprint density at radius 3 is 2.50 bits per heavy atom. The van der Waals surface area contributed by atoms with Crippen LogP contribution in [0.4, 0.5) is 0 Å². The zero-order valence-electron chi connectivity index (χ0n) is 12.8. The number of nitrogens with zero attached hydrogens (tertiary/aromatic N) is 4. The normalized spacial score (nSPS) is 11.4. The predicted molar refractivity (Wildman–Crippen MR) is 86.7 cm³/mol. The molecule has 1 heterocycles. The van der Waals surface area contributed by atoms with Crippen molar-refractivity contribution in [3.63, 3.8) is 0 Å². The summed E-state index contributed by atoms with van der Waals surface area (Å²) in [7, 11) is -2.29. The average molecular weight is 345 g/mol. The molecule has 2 N–H and O–H groups in total. The predicted octanol–water partition coefficient (Wildman–Crippen LogP) is 1.04. The summed E-state index contributed by atoms with van der Waals surface area (Å²) in [4.78, 5) is -0.0178. The molecule has 0 amide bonds. The maximum atomic E-state index is 11.8. The third-order valence-corrected chi connectivity index (χ3v) is 4.43. The first-order valence-electron chi connectivity index (χ1n) is 7.00. The van der Waals surface area contributed by atoms with Crippen LogP contribution < -0.4 is 9.88 Å². The Morgan fingerprint density at radius 2 is 1.83 bits per heavy atom. The Morgan fingerprint density at radius 1 is 1.12 bits per heavy atom. The highest BCUT2D eigenvalue weighted by Gasteiger charge is 2.19. The van der Waals surface area contributed by atoms with Gasteiger partial charge in [-0.1, -0.05) is 24.3 Å². The van der Waals surface area contributed by atoms with Crippen LogP contribution >= 0.6 is 0 Å². The molecular formula is C15H15N5O3S. The second-order valence-corrected chi connectivity index (χ2v) is 6.58. The number of hydrogen-bond donors (Lipinski definition) is 1.